The number of rotatable bonds is 6. The van der Waals surface area contributed by atoms with Crippen molar-refractivity contribution in [1.29, 1.82) is 0 Å². The van der Waals surface area contributed by atoms with E-state index in [4.69, 9.17) is 9.47 Å². The van der Waals surface area contributed by atoms with Crippen LogP contribution in [0.5, 0.6) is 5.75 Å². The minimum absolute atomic E-state index is 0.147. The number of hydrazone groups is 1. The monoisotopic (exact) mass is 342 g/mol. The molecule has 0 unspecified atom stereocenters. The molecule has 1 rings (SSSR count). The standard InChI is InChI=1S/C13H15BrN2O4/c1-3-19-13(18)8-20-12-5-4-10(6-11(12)14)7-15-16-9(2)17/h4-7H,3,8H2,1-2H3,(H,16,17)/b15-7+. The van der Waals surface area contributed by atoms with Crippen molar-refractivity contribution in [2.24, 2.45) is 5.10 Å². The fourth-order valence-corrected chi connectivity index (χ4v) is 1.76. The number of esters is 1. The lowest BCUT2D eigenvalue weighted by Gasteiger charge is -2.08. The number of amides is 1. The van der Waals surface area contributed by atoms with Gasteiger partial charge < -0.3 is 9.47 Å². The number of carbonyl (C=O) groups is 2. The van der Waals surface area contributed by atoms with Crippen LogP contribution in [0.3, 0.4) is 0 Å². The second-order valence-electron chi connectivity index (χ2n) is 3.71. The highest BCUT2D eigenvalue weighted by Gasteiger charge is 2.06. The lowest BCUT2D eigenvalue weighted by molar-refractivity contribution is -0.145. The molecule has 20 heavy (non-hydrogen) atoms. The van der Waals surface area contributed by atoms with E-state index in [0.717, 1.165) is 5.56 Å². The number of hydrogen-bond donors (Lipinski definition) is 1. The van der Waals surface area contributed by atoms with Crippen molar-refractivity contribution in [2.45, 2.75) is 13.8 Å². The summed E-state index contributed by atoms with van der Waals surface area (Å²) in [6, 6.07) is 5.20. The zero-order valence-electron chi connectivity index (χ0n) is 11.2. The normalized spacial score (nSPS) is 10.3. The molecule has 0 radical (unpaired) electrons. The molecule has 0 atom stereocenters. The van der Waals surface area contributed by atoms with Gasteiger partial charge >= 0.3 is 5.97 Å². The fourth-order valence-electron chi connectivity index (χ4n) is 1.25. The van der Waals surface area contributed by atoms with Crippen LogP contribution in [0.2, 0.25) is 0 Å². The van der Waals surface area contributed by atoms with Gasteiger partial charge in [-0.1, -0.05) is 0 Å². The van der Waals surface area contributed by atoms with Gasteiger partial charge in [-0.2, -0.15) is 5.10 Å². The van der Waals surface area contributed by atoms with Gasteiger partial charge in [-0.15, -0.1) is 0 Å². The molecule has 1 N–H and O–H groups in total. The molecular weight excluding hydrogens is 328 g/mol. The third kappa shape index (κ3) is 5.83. The highest BCUT2D eigenvalue weighted by molar-refractivity contribution is 9.10. The maximum Gasteiger partial charge on any atom is 0.344 e. The molecule has 0 aliphatic carbocycles. The van der Waals surface area contributed by atoms with Crippen LogP contribution >= 0.6 is 15.9 Å². The first-order valence-electron chi connectivity index (χ1n) is 5.90. The zero-order chi connectivity index (χ0) is 15.0. The van der Waals surface area contributed by atoms with Crippen molar-refractivity contribution >= 4 is 34.0 Å². The quantitative estimate of drug-likeness (QED) is 0.486. The highest BCUT2D eigenvalue weighted by Crippen LogP contribution is 2.25. The number of hydrogen-bond acceptors (Lipinski definition) is 5. The SMILES string of the molecule is CCOC(=O)COc1ccc(/C=N/NC(C)=O)cc1Br. The number of nitrogens with zero attached hydrogens (tertiary/aromatic N) is 1. The molecule has 0 aromatic heterocycles. The molecule has 0 heterocycles. The van der Waals surface area contributed by atoms with Crippen LogP contribution in [0.25, 0.3) is 0 Å². The number of halogens is 1. The molecule has 108 valence electrons. The largest absolute Gasteiger partial charge is 0.481 e. The summed E-state index contributed by atoms with van der Waals surface area (Å²) in [5.74, 6) is -0.139. The first-order valence-corrected chi connectivity index (χ1v) is 6.70. The Kier molecular flexibility index (Phi) is 6.72. The molecule has 6 nitrogen and oxygen atoms in total. The number of benzene rings is 1. The first kappa shape index (κ1) is 16.2. The van der Waals surface area contributed by atoms with Gasteiger partial charge in [0, 0.05) is 6.92 Å². The van der Waals surface area contributed by atoms with Crippen LogP contribution in [0.4, 0.5) is 0 Å². The van der Waals surface area contributed by atoms with Gasteiger partial charge in [0.2, 0.25) is 5.91 Å². The summed E-state index contributed by atoms with van der Waals surface area (Å²) in [7, 11) is 0. The Morgan fingerprint density at radius 3 is 2.80 bits per heavy atom. The van der Waals surface area contributed by atoms with E-state index >= 15 is 0 Å². The van der Waals surface area contributed by atoms with Gasteiger partial charge in [-0.05, 0) is 46.6 Å². The van der Waals surface area contributed by atoms with E-state index in [1.54, 1.807) is 25.1 Å². The van der Waals surface area contributed by atoms with Gasteiger partial charge in [0.25, 0.3) is 0 Å². The topological polar surface area (TPSA) is 77.0 Å². The van der Waals surface area contributed by atoms with E-state index in [1.807, 2.05) is 0 Å². The van der Waals surface area contributed by atoms with Crippen molar-refractivity contribution in [3.8, 4) is 5.75 Å². The Hall–Kier alpha value is -1.89. The first-order chi connectivity index (χ1) is 9.52. The maximum atomic E-state index is 11.2. The highest BCUT2D eigenvalue weighted by atomic mass is 79.9. The van der Waals surface area contributed by atoms with Crippen molar-refractivity contribution in [2.75, 3.05) is 13.2 Å². The predicted octanol–water partition coefficient (Wildman–Crippen LogP) is 1.86. The Morgan fingerprint density at radius 1 is 1.45 bits per heavy atom. The van der Waals surface area contributed by atoms with Gasteiger partial charge in [0.05, 0.1) is 17.3 Å². The Morgan fingerprint density at radius 2 is 2.20 bits per heavy atom. The third-order valence-electron chi connectivity index (χ3n) is 2.04. The minimum atomic E-state index is -0.421. The lowest BCUT2D eigenvalue weighted by Crippen LogP contribution is -2.14. The molecule has 0 aliphatic rings. The average Bonchev–Trinajstić information content (AvgIpc) is 2.37. The third-order valence-corrected chi connectivity index (χ3v) is 2.66. The smallest absolute Gasteiger partial charge is 0.344 e. The molecule has 0 bridgehead atoms. The molecule has 0 fully saturated rings. The number of nitrogens with one attached hydrogen (secondary N) is 1. The molecule has 0 saturated heterocycles. The summed E-state index contributed by atoms with van der Waals surface area (Å²) in [5.41, 5.74) is 3.08. The van der Waals surface area contributed by atoms with E-state index < -0.39 is 5.97 Å². The van der Waals surface area contributed by atoms with Gasteiger partial charge in [-0.3, -0.25) is 4.79 Å². The summed E-state index contributed by atoms with van der Waals surface area (Å²) in [6.07, 6.45) is 1.50. The Bertz CT molecular complexity index is 517. The lowest BCUT2D eigenvalue weighted by atomic mass is 10.2. The van der Waals surface area contributed by atoms with Gasteiger partial charge in [0.15, 0.2) is 6.61 Å². The molecule has 7 heteroatoms. The van der Waals surface area contributed by atoms with Crippen molar-refractivity contribution in [3.63, 3.8) is 0 Å². The molecule has 1 amide bonds. The molecule has 0 aliphatic heterocycles. The maximum absolute atomic E-state index is 11.2. The summed E-state index contributed by atoms with van der Waals surface area (Å²) in [6.45, 7) is 3.28. The minimum Gasteiger partial charge on any atom is -0.481 e. The summed E-state index contributed by atoms with van der Waals surface area (Å²) in [5, 5.41) is 3.75. The van der Waals surface area contributed by atoms with Crippen LogP contribution in [0.15, 0.2) is 27.8 Å². The number of carbonyl (C=O) groups excluding carboxylic acids is 2. The molecular formula is C13H15BrN2O4. The van der Waals surface area contributed by atoms with Crippen LogP contribution < -0.4 is 10.2 Å². The second kappa shape index (κ2) is 8.31. The Labute approximate surface area is 125 Å². The second-order valence-corrected chi connectivity index (χ2v) is 4.56. The molecule has 0 saturated carbocycles. The van der Waals surface area contributed by atoms with Crippen LogP contribution in [0, 0.1) is 0 Å². The fraction of sp³-hybridized carbons (Fsp3) is 0.308. The van der Waals surface area contributed by atoms with Crippen molar-refractivity contribution in [3.05, 3.63) is 28.2 Å². The van der Waals surface area contributed by atoms with Crippen molar-refractivity contribution < 1.29 is 19.1 Å². The molecule has 1 aromatic carbocycles. The van der Waals surface area contributed by atoms with Crippen LogP contribution in [0.1, 0.15) is 19.4 Å². The Balaban J connectivity index is 2.61. The van der Waals surface area contributed by atoms with Crippen LogP contribution in [-0.2, 0) is 14.3 Å². The van der Waals surface area contributed by atoms with E-state index in [1.165, 1.54) is 13.1 Å². The van der Waals surface area contributed by atoms with Gasteiger partial charge in [0.1, 0.15) is 5.75 Å². The summed E-state index contributed by atoms with van der Waals surface area (Å²) in [4.78, 5) is 21.8. The van der Waals surface area contributed by atoms with Crippen LogP contribution in [-0.4, -0.2) is 31.3 Å². The average molecular weight is 343 g/mol. The van der Waals surface area contributed by atoms with E-state index in [2.05, 4.69) is 26.5 Å². The number of ether oxygens (including phenoxy) is 2. The van der Waals surface area contributed by atoms with E-state index in [9.17, 15) is 9.59 Å². The zero-order valence-corrected chi connectivity index (χ0v) is 12.8. The summed E-state index contributed by atoms with van der Waals surface area (Å²) < 4.78 is 10.7. The summed E-state index contributed by atoms with van der Waals surface area (Å²) >= 11 is 3.33. The molecule has 1 aromatic rings. The van der Waals surface area contributed by atoms with E-state index in [0.29, 0.717) is 16.8 Å². The van der Waals surface area contributed by atoms with Crippen molar-refractivity contribution in [1.82, 2.24) is 5.43 Å². The van der Waals surface area contributed by atoms with E-state index in [-0.39, 0.29) is 12.5 Å². The predicted molar refractivity (Wildman–Crippen MR) is 77.7 cm³/mol. The van der Waals surface area contributed by atoms with Gasteiger partial charge in [-0.25, -0.2) is 10.2 Å². The molecule has 0 spiro atoms.